The molecule has 5 heteroatoms. The van der Waals surface area contributed by atoms with E-state index >= 15 is 0 Å². The Balaban J connectivity index is 3.18. The van der Waals surface area contributed by atoms with Gasteiger partial charge in [-0.2, -0.15) is 13.2 Å². The molecule has 0 spiro atoms. The Bertz CT molecular complexity index is 374. The Kier molecular flexibility index (Phi) is 3.86. The number of rotatable bonds is 2. The quantitative estimate of drug-likeness (QED) is 0.844. The third-order valence-electron chi connectivity index (χ3n) is 2.35. The van der Waals surface area contributed by atoms with Crippen LogP contribution >= 0.6 is 11.6 Å². The summed E-state index contributed by atoms with van der Waals surface area (Å²) in [5.41, 5.74) is 5.45. The van der Waals surface area contributed by atoms with E-state index in [-0.39, 0.29) is 10.9 Å². The predicted molar refractivity (Wildman–Crippen MR) is 58.2 cm³/mol. The van der Waals surface area contributed by atoms with Crippen molar-refractivity contribution in [2.45, 2.75) is 26.1 Å². The molecular formula is C11H13ClF3N. The second kappa shape index (κ2) is 4.63. The Hall–Kier alpha value is -0.740. The van der Waals surface area contributed by atoms with Crippen molar-refractivity contribution >= 4 is 11.6 Å². The van der Waals surface area contributed by atoms with Crippen LogP contribution in [0.15, 0.2) is 18.2 Å². The maximum atomic E-state index is 12.5. The molecule has 90 valence electrons. The maximum Gasteiger partial charge on any atom is 0.416 e. The fourth-order valence-corrected chi connectivity index (χ4v) is 1.60. The molecular weight excluding hydrogens is 239 g/mol. The molecule has 1 nitrogen and oxygen atoms in total. The number of nitrogens with two attached hydrogens (primary N) is 1. The SMILES string of the molecule is CC(C)[C@H](N)c1cc(Cl)cc(C(F)(F)F)c1. The minimum absolute atomic E-state index is 0.0551. The number of hydrogen-bond acceptors (Lipinski definition) is 1. The van der Waals surface area contributed by atoms with Gasteiger partial charge in [-0.15, -0.1) is 0 Å². The summed E-state index contributed by atoms with van der Waals surface area (Å²) in [4.78, 5) is 0. The summed E-state index contributed by atoms with van der Waals surface area (Å²) in [6.45, 7) is 3.69. The largest absolute Gasteiger partial charge is 0.416 e. The van der Waals surface area contributed by atoms with E-state index in [2.05, 4.69) is 0 Å². The standard InChI is InChI=1S/C11H13ClF3N/c1-6(2)10(16)7-3-8(11(13,14)15)5-9(12)4-7/h3-6,10H,16H2,1-2H3/t10-/m0/s1. The predicted octanol–water partition coefficient (Wildman–Crippen LogP) is 4.01. The van der Waals surface area contributed by atoms with E-state index in [1.54, 1.807) is 0 Å². The molecule has 0 saturated carbocycles. The molecule has 0 amide bonds. The Morgan fingerprint density at radius 2 is 1.75 bits per heavy atom. The minimum Gasteiger partial charge on any atom is -0.324 e. The van der Waals surface area contributed by atoms with E-state index in [0.29, 0.717) is 5.56 Å². The Labute approximate surface area is 97.4 Å². The molecule has 0 radical (unpaired) electrons. The van der Waals surface area contributed by atoms with Crippen LogP contribution in [0.4, 0.5) is 13.2 Å². The van der Waals surface area contributed by atoms with Crippen LogP contribution in [-0.2, 0) is 6.18 Å². The zero-order valence-corrected chi connectivity index (χ0v) is 9.73. The summed E-state index contributed by atoms with van der Waals surface area (Å²) in [5, 5.41) is 0.0564. The first-order valence-electron chi connectivity index (χ1n) is 4.85. The van der Waals surface area contributed by atoms with Crippen molar-refractivity contribution in [3.8, 4) is 0 Å². The average molecular weight is 252 g/mol. The first-order valence-corrected chi connectivity index (χ1v) is 5.23. The van der Waals surface area contributed by atoms with Crippen LogP contribution in [0.3, 0.4) is 0 Å². The van der Waals surface area contributed by atoms with Crippen molar-refractivity contribution in [2.75, 3.05) is 0 Å². The second-order valence-electron chi connectivity index (χ2n) is 4.04. The van der Waals surface area contributed by atoms with Gasteiger partial charge < -0.3 is 5.73 Å². The zero-order chi connectivity index (χ0) is 12.5. The van der Waals surface area contributed by atoms with Crippen LogP contribution < -0.4 is 5.73 Å². The molecule has 0 fully saturated rings. The van der Waals surface area contributed by atoms with E-state index in [4.69, 9.17) is 17.3 Å². The van der Waals surface area contributed by atoms with E-state index < -0.39 is 17.8 Å². The van der Waals surface area contributed by atoms with Gasteiger partial charge in [-0.05, 0) is 29.7 Å². The molecule has 16 heavy (non-hydrogen) atoms. The second-order valence-corrected chi connectivity index (χ2v) is 4.48. The third-order valence-corrected chi connectivity index (χ3v) is 2.57. The molecule has 0 aliphatic carbocycles. The number of alkyl halides is 3. The van der Waals surface area contributed by atoms with Crippen LogP contribution in [0.2, 0.25) is 5.02 Å². The average Bonchev–Trinajstić information content (AvgIpc) is 2.14. The van der Waals surface area contributed by atoms with Gasteiger partial charge in [0.05, 0.1) is 5.56 Å². The highest BCUT2D eigenvalue weighted by Crippen LogP contribution is 2.33. The van der Waals surface area contributed by atoms with Crippen molar-refractivity contribution in [2.24, 2.45) is 11.7 Å². The summed E-state index contributed by atoms with van der Waals surface area (Å²) < 4.78 is 37.5. The third kappa shape index (κ3) is 3.12. The van der Waals surface area contributed by atoms with E-state index in [1.165, 1.54) is 6.07 Å². The monoisotopic (exact) mass is 251 g/mol. The first kappa shape index (κ1) is 13.3. The zero-order valence-electron chi connectivity index (χ0n) is 8.98. The van der Waals surface area contributed by atoms with Gasteiger partial charge in [0, 0.05) is 11.1 Å². The van der Waals surface area contributed by atoms with Crippen LogP contribution in [0.5, 0.6) is 0 Å². The van der Waals surface area contributed by atoms with Gasteiger partial charge in [-0.1, -0.05) is 25.4 Å². The maximum absolute atomic E-state index is 12.5. The molecule has 1 rings (SSSR count). The molecule has 0 aliphatic heterocycles. The van der Waals surface area contributed by atoms with Gasteiger partial charge in [-0.25, -0.2) is 0 Å². The van der Waals surface area contributed by atoms with Crippen molar-refractivity contribution in [1.82, 2.24) is 0 Å². The summed E-state index contributed by atoms with van der Waals surface area (Å²) in [6.07, 6.45) is -4.39. The van der Waals surface area contributed by atoms with Crippen molar-refractivity contribution in [1.29, 1.82) is 0 Å². The van der Waals surface area contributed by atoms with Gasteiger partial charge in [-0.3, -0.25) is 0 Å². The lowest BCUT2D eigenvalue weighted by Crippen LogP contribution is -2.17. The van der Waals surface area contributed by atoms with Crippen molar-refractivity contribution in [3.63, 3.8) is 0 Å². The van der Waals surface area contributed by atoms with Gasteiger partial charge in [0.15, 0.2) is 0 Å². The number of halogens is 4. The summed E-state index contributed by atoms with van der Waals surface area (Å²) in [5.74, 6) is 0.0551. The smallest absolute Gasteiger partial charge is 0.324 e. The summed E-state index contributed by atoms with van der Waals surface area (Å²) in [6, 6.07) is 2.98. The van der Waals surface area contributed by atoms with Crippen molar-refractivity contribution in [3.05, 3.63) is 34.3 Å². The van der Waals surface area contributed by atoms with Gasteiger partial charge in [0.25, 0.3) is 0 Å². The highest BCUT2D eigenvalue weighted by atomic mass is 35.5. The molecule has 0 bridgehead atoms. The molecule has 1 aromatic rings. The molecule has 1 atom stereocenters. The van der Waals surface area contributed by atoms with Crippen LogP contribution in [0.1, 0.15) is 31.0 Å². The topological polar surface area (TPSA) is 26.0 Å². The normalized spacial score (nSPS) is 14.2. The van der Waals surface area contributed by atoms with E-state index in [9.17, 15) is 13.2 Å². The van der Waals surface area contributed by atoms with Crippen LogP contribution in [0.25, 0.3) is 0 Å². The fraction of sp³-hybridized carbons (Fsp3) is 0.455. The molecule has 0 aromatic heterocycles. The van der Waals surface area contributed by atoms with Gasteiger partial charge in [0.2, 0.25) is 0 Å². The summed E-state index contributed by atoms with van der Waals surface area (Å²) in [7, 11) is 0. The molecule has 0 heterocycles. The summed E-state index contributed by atoms with van der Waals surface area (Å²) >= 11 is 5.65. The Morgan fingerprint density at radius 1 is 1.19 bits per heavy atom. The van der Waals surface area contributed by atoms with E-state index in [1.807, 2.05) is 13.8 Å². The highest BCUT2D eigenvalue weighted by molar-refractivity contribution is 6.30. The van der Waals surface area contributed by atoms with E-state index in [0.717, 1.165) is 12.1 Å². The number of benzene rings is 1. The molecule has 0 saturated heterocycles. The lowest BCUT2D eigenvalue weighted by molar-refractivity contribution is -0.137. The van der Waals surface area contributed by atoms with Crippen molar-refractivity contribution < 1.29 is 13.2 Å². The van der Waals surface area contributed by atoms with Crippen LogP contribution in [-0.4, -0.2) is 0 Å². The molecule has 2 N–H and O–H groups in total. The first-order chi connectivity index (χ1) is 7.21. The molecule has 1 aromatic carbocycles. The minimum atomic E-state index is -4.39. The van der Waals surface area contributed by atoms with Crippen LogP contribution in [0, 0.1) is 5.92 Å². The lowest BCUT2D eigenvalue weighted by Gasteiger charge is -2.18. The molecule has 0 aliphatic rings. The fourth-order valence-electron chi connectivity index (χ4n) is 1.35. The molecule has 0 unspecified atom stereocenters. The van der Waals surface area contributed by atoms with Gasteiger partial charge in [0.1, 0.15) is 0 Å². The number of hydrogen-bond donors (Lipinski definition) is 1. The highest BCUT2D eigenvalue weighted by Gasteiger charge is 2.31. The lowest BCUT2D eigenvalue weighted by atomic mass is 9.95. The Morgan fingerprint density at radius 3 is 2.19 bits per heavy atom. The van der Waals surface area contributed by atoms with Gasteiger partial charge >= 0.3 is 6.18 Å².